The van der Waals surface area contributed by atoms with Gasteiger partial charge < -0.3 is 15.0 Å². The molecule has 1 saturated heterocycles. The first-order valence-corrected chi connectivity index (χ1v) is 8.13. The largest absolute Gasteiger partial charge is 0.374 e. The summed E-state index contributed by atoms with van der Waals surface area (Å²) in [6.07, 6.45) is 4.51. The lowest BCUT2D eigenvalue weighted by Gasteiger charge is -2.43. The van der Waals surface area contributed by atoms with Crippen LogP contribution in [0.15, 0.2) is 0 Å². The maximum absolute atomic E-state index is 6.08. The molecule has 1 saturated carbocycles. The Bertz CT molecular complexity index is 261. The predicted molar refractivity (Wildman–Crippen MR) is 80.4 cm³/mol. The Morgan fingerprint density at radius 1 is 1.21 bits per heavy atom. The van der Waals surface area contributed by atoms with Gasteiger partial charge in [-0.2, -0.15) is 0 Å². The molecule has 0 amide bonds. The summed E-state index contributed by atoms with van der Waals surface area (Å²) in [6.45, 7) is 11.1. The van der Waals surface area contributed by atoms with Gasteiger partial charge in [-0.15, -0.1) is 0 Å². The van der Waals surface area contributed by atoms with Gasteiger partial charge in [0.1, 0.15) is 0 Å². The molecule has 4 unspecified atom stereocenters. The number of rotatable bonds is 4. The Morgan fingerprint density at radius 2 is 1.89 bits per heavy atom. The van der Waals surface area contributed by atoms with Crippen molar-refractivity contribution >= 4 is 0 Å². The Balaban J connectivity index is 2.01. The van der Waals surface area contributed by atoms with Gasteiger partial charge in [0, 0.05) is 19.1 Å². The second-order valence-corrected chi connectivity index (χ2v) is 6.93. The summed E-state index contributed by atoms with van der Waals surface area (Å²) in [4.78, 5) is 2.41. The topological polar surface area (TPSA) is 24.5 Å². The highest BCUT2D eigenvalue weighted by molar-refractivity contribution is 4.90. The predicted octanol–water partition coefficient (Wildman–Crippen LogP) is 2.37. The van der Waals surface area contributed by atoms with E-state index < -0.39 is 0 Å². The van der Waals surface area contributed by atoms with E-state index in [1.54, 1.807) is 0 Å². The van der Waals surface area contributed by atoms with Crippen LogP contribution in [0.5, 0.6) is 0 Å². The van der Waals surface area contributed by atoms with E-state index in [1.807, 2.05) is 0 Å². The van der Waals surface area contributed by atoms with Gasteiger partial charge in [0.25, 0.3) is 0 Å². The quantitative estimate of drug-likeness (QED) is 0.847. The van der Waals surface area contributed by atoms with Crippen molar-refractivity contribution in [1.82, 2.24) is 10.2 Å². The number of nitrogens with one attached hydrogen (secondary N) is 1. The van der Waals surface area contributed by atoms with Crippen molar-refractivity contribution in [2.75, 3.05) is 33.3 Å². The summed E-state index contributed by atoms with van der Waals surface area (Å²) in [5, 5.41) is 3.73. The number of ether oxygens (including phenoxy) is 1. The molecule has 0 aromatic rings. The molecule has 0 radical (unpaired) electrons. The highest BCUT2D eigenvalue weighted by atomic mass is 16.5. The van der Waals surface area contributed by atoms with Crippen molar-refractivity contribution in [2.45, 2.75) is 52.2 Å². The minimum absolute atomic E-state index is 0.376. The monoisotopic (exact) mass is 268 g/mol. The molecule has 4 atom stereocenters. The van der Waals surface area contributed by atoms with Crippen molar-refractivity contribution in [1.29, 1.82) is 0 Å². The van der Waals surface area contributed by atoms with E-state index in [-0.39, 0.29) is 0 Å². The van der Waals surface area contributed by atoms with Crippen molar-refractivity contribution in [2.24, 2.45) is 17.8 Å². The standard InChI is InChI=1S/C16H32N2O/c1-5-17-16(15-11-18(4)6-7-19-15)14-9-12(2)8-13(3)10-14/h12-17H,5-11H2,1-4H3. The second-order valence-electron chi connectivity index (χ2n) is 6.93. The van der Waals surface area contributed by atoms with Gasteiger partial charge in [-0.3, -0.25) is 0 Å². The second kappa shape index (κ2) is 7.05. The molecular formula is C16H32N2O. The van der Waals surface area contributed by atoms with Gasteiger partial charge >= 0.3 is 0 Å². The molecule has 2 fully saturated rings. The third-order valence-electron chi connectivity index (χ3n) is 4.86. The molecule has 0 spiro atoms. The molecule has 0 aromatic carbocycles. The van der Waals surface area contributed by atoms with Gasteiger partial charge in [0.2, 0.25) is 0 Å². The van der Waals surface area contributed by atoms with Crippen LogP contribution >= 0.6 is 0 Å². The SMILES string of the molecule is CCNC(C1CC(C)CC(C)C1)C1CN(C)CCO1. The molecule has 19 heavy (non-hydrogen) atoms. The van der Waals surface area contributed by atoms with Crippen LogP contribution in [0.1, 0.15) is 40.0 Å². The van der Waals surface area contributed by atoms with E-state index in [0.29, 0.717) is 12.1 Å². The van der Waals surface area contributed by atoms with Gasteiger partial charge in [0.15, 0.2) is 0 Å². The van der Waals surface area contributed by atoms with Crippen molar-refractivity contribution in [3.63, 3.8) is 0 Å². The van der Waals surface area contributed by atoms with Gasteiger partial charge in [-0.05, 0) is 50.6 Å². The van der Waals surface area contributed by atoms with E-state index in [9.17, 15) is 0 Å². The zero-order valence-electron chi connectivity index (χ0n) is 13.2. The molecule has 3 heteroatoms. The van der Waals surface area contributed by atoms with Crippen LogP contribution in [-0.2, 0) is 4.74 Å². The van der Waals surface area contributed by atoms with Crippen LogP contribution in [-0.4, -0.2) is 50.3 Å². The van der Waals surface area contributed by atoms with Crippen LogP contribution in [0.3, 0.4) is 0 Å². The van der Waals surface area contributed by atoms with E-state index in [0.717, 1.165) is 44.0 Å². The van der Waals surface area contributed by atoms with E-state index in [4.69, 9.17) is 4.74 Å². The maximum atomic E-state index is 6.08. The van der Waals surface area contributed by atoms with E-state index in [2.05, 4.69) is 38.0 Å². The van der Waals surface area contributed by atoms with Crippen LogP contribution in [0.25, 0.3) is 0 Å². The summed E-state index contributed by atoms with van der Waals surface area (Å²) in [5.41, 5.74) is 0. The number of hydrogen-bond donors (Lipinski definition) is 1. The average molecular weight is 268 g/mol. The van der Waals surface area contributed by atoms with Crippen molar-refractivity contribution in [3.8, 4) is 0 Å². The third-order valence-corrected chi connectivity index (χ3v) is 4.86. The van der Waals surface area contributed by atoms with Crippen LogP contribution in [0.2, 0.25) is 0 Å². The smallest absolute Gasteiger partial charge is 0.0857 e. The average Bonchev–Trinajstić information content (AvgIpc) is 2.34. The molecule has 2 rings (SSSR count). The summed E-state index contributed by atoms with van der Waals surface area (Å²) in [5.74, 6) is 2.53. The number of likely N-dealkylation sites (N-methyl/N-ethyl adjacent to an activating group) is 2. The lowest BCUT2D eigenvalue weighted by atomic mass is 9.72. The lowest BCUT2D eigenvalue weighted by Crippen LogP contribution is -2.55. The van der Waals surface area contributed by atoms with Gasteiger partial charge in [-0.25, -0.2) is 0 Å². The molecule has 2 aliphatic rings. The first-order valence-electron chi connectivity index (χ1n) is 8.13. The zero-order chi connectivity index (χ0) is 13.8. The molecule has 0 aromatic heterocycles. The fourth-order valence-electron chi connectivity index (χ4n) is 4.17. The van der Waals surface area contributed by atoms with Gasteiger partial charge in [-0.1, -0.05) is 20.8 Å². The first kappa shape index (κ1) is 15.3. The lowest BCUT2D eigenvalue weighted by molar-refractivity contribution is -0.0557. The highest BCUT2D eigenvalue weighted by Gasteiger charge is 2.36. The summed E-state index contributed by atoms with van der Waals surface area (Å²) >= 11 is 0. The van der Waals surface area contributed by atoms with Gasteiger partial charge in [0.05, 0.1) is 12.7 Å². The van der Waals surface area contributed by atoms with Crippen LogP contribution in [0, 0.1) is 17.8 Å². The molecule has 1 N–H and O–H groups in total. The molecular weight excluding hydrogens is 236 g/mol. The van der Waals surface area contributed by atoms with Crippen molar-refractivity contribution < 1.29 is 4.74 Å². The third kappa shape index (κ3) is 4.17. The number of morpholine rings is 1. The molecule has 3 nitrogen and oxygen atoms in total. The summed E-state index contributed by atoms with van der Waals surface area (Å²) in [6, 6.07) is 0.540. The summed E-state index contributed by atoms with van der Waals surface area (Å²) < 4.78 is 6.08. The minimum Gasteiger partial charge on any atom is -0.374 e. The fraction of sp³-hybridized carbons (Fsp3) is 1.00. The van der Waals surface area contributed by atoms with Crippen molar-refractivity contribution in [3.05, 3.63) is 0 Å². The zero-order valence-corrected chi connectivity index (χ0v) is 13.2. The van der Waals surface area contributed by atoms with E-state index in [1.165, 1.54) is 19.3 Å². The Kier molecular flexibility index (Phi) is 5.67. The molecule has 112 valence electrons. The molecule has 1 heterocycles. The highest BCUT2D eigenvalue weighted by Crippen LogP contribution is 2.36. The summed E-state index contributed by atoms with van der Waals surface area (Å²) in [7, 11) is 2.21. The number of nitrogens with zero attached hydrogens (tertiary/aromatic N) is 1. The Labute approximate surface area is 119 Å². The normalized spacial score (nSPS) is 39.2. The Morgan fingerprint density at radius 3 is 2.47 bits per heavy atom. The molecule has 0 bridgehead atoms. The fourth-order valence-corrected chi connectivity index (χ4v) is 4.17. The maximum Gasteiger partial charge on any atom is 0.0857 e. The Hall–Kier alpha value is -0.120. The van der Waals surface area contributed by atoms with Crippen LogP contribution < -0.4 is 5.32 Å². The first-order chi connectivity index (χ1) is 9.10. The molecule has 1 aliphatic carbocycles. The minimum atomic E-state index is 0.376. The number of hydrogen-bond acceptors (Lipinski definition) is 3. The van der Waals surface area contributed by atoms with Crippen LogP contribution in [0.4, 0.5) is 0 Å². The van der Waals surface area contributed by atoms with E-state index >= 15 is 0 Å². The molecule has 1 aliphatic heterocycles.